The Bertz CT molecular complexity index is 1490. The van der Waals surface area contributed by atoms with E-state index in [1.165, 1.54) is 19.1 Å². The first-order valence-corrected chi connectivity index (χ1v) is 14.5. The summed E-state index contributed by atoms with van der Waals surface area (Å²) in [5, 5.41) is 13.6. The maximum absolute atomic E-state index is 13.3. The lowest BCUT2D eigenvalue weighted by atomic mass is 9.81. The van der Waals surface area contributed by atoms with Gasteiger partial charge in [0.05, 0.1) is 43.4 Å². The van der Waals surface area contributed by atoms with Gasteiger partial charge in [0.2, 0.25) is 0 Å². The van der Waals surface area contributed by atoms with Crippen molar-refractivity contribution in [2.24, 2.45) is 5.73 Å². The SMILES string of the molecule is COC(=O)C1=C(C(=O)OC)N(c2ccc(NCC3CCCCN3C(=O)OC(C)(C)C)cc2)C(N)=C(C#N)C1c1ccccc1. The highest BCUT2D eigenvalue weighted by Crippen LogP contribution is 2.43. The number of hydrogen-bond acceptors (Lipinski definition) is 10. The largest absolute Gasteiger partial charge is 0.466 e. The number of rotatable bonds is 7. The normalized spacial score (nSPS) is 18.8. The van der Waals surface area contributed by atoms with Crippen LogP contribution in [0.15, 0.2) is 77.3 Å². The van der Waals surface area contributed by atoms with Crippen LogP contribution >= 0.6 is 0 Å². The summed E-state index contributed by atoms with van der Waals surface area (Å²) in [4.78, 5) is 42.5. The van der Waals surface area contributed by atoms with E-state index in [1.54, 1.807) is 59.5 Å². The lowest BCUT2D eigenvalue weighted by Crippen LogP contribution is -2.48. The number of allylic oxidation sites excluding steroid dienone is 1. The van der Waals surface area contributed by atoms with Crippen LogP contribution in [0.2, 0.25) is 0 Å². The molecule has 0 saturated carbocycles. The molecule has 4 rings (SSSR count). The average molecular weight is 602 g/mol. The maximum atomic E-state index is 13.3. The number of carbonyl (C=O) groups excluding carboxylic acids is 3. The van der Waals surface area contributed by atoms with E-state index in [-0.39, 0.29) is 34.8 Å². The third-order valence-corrected chi connectivity index (χ3v) is 7.53. The minimum atomic E-state index is -0.941. The number of nitrogens with two attached hydrogens (primary N) is 1. The first-order chi connectivity index (χ1) is 21.0. The molecule has 2 aromatic carbocycles. The Labute approximate surface area is 257 Å². The number of nitrogens with zero attached hydrogens (tertiary/aromatic N) is 3. The van der Waals surface area contributed by atoms with E-state index >= 15 is 0 Å². The van der Waals surface area contributed by atoms with Crippen molar-refractivity contribution in [3.8, 4) is 6.07 Å². The first-order valence-electron chi connectivity index (χ1n) is 14.5. The van der Waals surface area contributed by atoms with Crippen LogP contribution in [0, 0.1) is 11.3 Å². The molecule has 232 valence electrons. The van der Waals surface area contributed by atoms with E-state index in [9.17, 15) is 19.6 Å². The molecule has 0 aliphatic carbocycles. The first kappa shape index (κ1) is 31.9. The van der Waals surface area contributed by atoms with Gasteiger partial charge < -0.3 is 30.2 Å². The number of benzene rings is 2. The Hall–Kier alpha value is -4.98. The lowest BCUT2D eigenvalue weighted by molar-refractivity contribution is -0.139. The molecule has 0 aromatic heterocycles. The molecule has 2 atom stereocenters. The number of likely N-dealkylation sites (tertiary alicyclic amines) is 1. The van der Waals surface area contributed by atoms with E-state index < -0.39 is 23.5 Å². The van der Waals surface area contributed by atoms with Gasteiger partial charge in [-0.05, 0) is 69.9 Å². The number of amides is 1. The van der Waals surface area contributed by atoms with Gasteiger partial charge in [-0.1, -0.05) is 30.3 Å². The zero-order valence-electron chi connectivity index (χ0n) is 25.8. The van der Waals surface area contributed by atoms with Crippen LogP contribution < -0.4 is 16.0 Å². The molecule has 2 aromatic rings. The number of nitrogens with one attached hydrogen (secondary N) is 1. The Kier molecular flexibility index (Phi) is 9.83. The van der Waals surface area contributed by atoms with E-state index in [4.69, 9.17) is 19.9 Å². The number of piperidine rings is 1. The van der Waals surface area contributed by atoms with Crippen molar-refractivity contribution in [3.63, 3.8) is 0 Å². The van der Waals surface area contributed by atoms with Gasteiger partial charge in [0, 0.05) is 24.5 Å². The monoisotopic (exact) mass is 601 g/mol. The standard InChI is InChI=1S/C33H39N5O6/c1-33(2,3)44-32(41)37-18-10-9-13-24(37)20-36-22-14-16-23(17-15-22)38-28(31(40)43-5)27(30(39)42-4)26(25(19-34)29(38)35)21-11-7-6-8-12-21/h6-8,11-12,14-17,24,26,36H,9-10,13,18,20,35H2,1-5H3. The summed E-state index contributed by atoms with van der Waals surface area (Å²) in [6, 6.07) is 18.0. The summed E-state index contributed by atoms with van der Waals surface area (Å²) < 4.78 is 15.8. The molecule has 3 N–H and O–H groups in total. The van der Waals surface area contributed by atoms with E-state index in [1.807, 2.05) is 20.8 Å². The fourth-order valence-corrected chi connectivity index (χ4v) is 5.52. The number of esters is 2. The molecular formula is C33H39N5O6. The molecule has 11 heteroatoms. The number of carbonyl (C=O) groups is 3. The average Bonchev–Trinajstić information content (AvgIpc) is 3.02. The third kappa shape index (κ3) is 6.80. The highest BCUT2D eigenvalue weighted by atomic mass is 16.6. The summed E-state index contributed by atoms with van der Waals surface area (Å²) >= 11 is 0. The third-order valence-electron chi connectivity index (χ3n) is 7.53. The Balaban J connectivity index is 1.66. The Morgan fingerprint density at radius 1 is 1.00 bits per heavy atom. The molecule has 2 heterocycles. The molecule has 0 radical (unpaired) electrons. The second-order valence-corrected chi connectivity index (χ2v) is 11.6. The maximum Gasteiger partial charge on any atom is 0.410 e. The summed E-state index contributed by atoms with van der Waals surface area (Å²) in [5.74, 6) is -2.55. The van der Waals surface area contributed by atoms with Gasteiger partial charge in [-0.3, -0.25) is 4.90 Å². The molecule has 2 aliphatic rings. The predicted octanol–water partition coefficient (Wildman–Crippen LogP) is 4.79. The minimum Gasteiger partial charge on any atom is -0.466 e. The molecule has 1 fully saturated rings. The van der Waals surface area contributed by atoms with Gasteiger partial charge in [0.15, 0.2) is 0 Å². The molecule has 0 spiro atoms. The minimum absolute atomic E-state index is 0.00896. The van der Waals surface area contributed by atoms with Crippen molar-refractivity contribution in [3.05, 3.63) is 82.8 Å². The zero-order chi connectivity index (χ0) is 32.0. The van der Waals surface area contributed by atoms with Gasteiger partial charge in [-0.15, -0.1) is 0 Å². The summed E-state index contributed by atoms with van der Waals surface area (Å²) in [5.41, 5.74) is 7.69. The van der Waals surface area contributed by atoms with Gasteiger partial charge in [-0.25, -0.2) is 14.4 Å². The molecule has 0 bridgehead atoms. The topological polar surface area (TPSA) is 147 Å². The van der Waals surface area contributed by atoms with Gasteiger partial charge in [-0.2, -0.15) is 5.26 Å². The van der Waals surface area contributed by atoms with E-state index in [0.717, 1.165) is 24.9 Å². The summed E-state index contributed by atoms with van der Waals surface area (Å²) in [6.45, 7) is 6.71. The molecule has 2 aliphatic heterocycles. The smallest absolute Gasteiger partial charge is 0.410 e. The van der Waals surface area contributed by atoms with Crippen LogP contribution in [0.4, 0.5) is 16.2 Å². The number of anilines is 2. The summed E-state index contributed by atoms with van der Waals surface area (Å²) in [7, 11) is 2.42. The van der Waals surface area contributed by atoms with Crippen LogP contribution in [0.5, 0.6) is 0 Å². The van der Waals surface area contributed by atoms with Crippen molar-refractivity contribution >= 4 is 29.4 Å². The fourth-order valence-electron chi connectivity index (χ4n) is 5.52. The zero-order valence-corrected chi connectivity index (χ0v) is 25.8. The van der Waals surface area contributed by atoms with Gasteiger partial charge in [0.1, 0.15) is 17.1 Å². The van der Waals surface area contributed by atoms with Crippen LogP contribution in [-0.4, -0.2) is 61.9 Å². The van der Waals surface area contributed by atoms with Crippen molar-refractivity contribution in [1.82, 2.24) is 4.90 Å². The molecule has 1 saturated heterocycles. The van der Waals surface area contributed by atoms with Crippen molar-refractivity contribution in [2.75, 3.05) is 37.5 Å². The second-order valence-electron chi connectivity index (χ2n) is 11.6. The predicted molar refractivity (Wildman–Crippen MR) is 165 cm³/mol. The van der Waals surface area contributed by atoms with Crippen molar-refractivity contribution in [2.45, 2.75) is 57.6 Å². The number of nitriles is 1. The molecule has 44 heavy (non-hydrogen) atoms. The molecule has 2 unspecified atom stereocenters. The molecular weight excluding hydrogens is 562 g/mol. The van der Waals surface area contributed by atoms with Gasteiger partial charge >= 0.3 is 18.0 Å². The Morgan fingerprint density at radius 2 is 1.66 bits per heavy atom. The van der Waals surface area contributed by atoms with Crippen LogP contribution in [0.3, 0.4) is 0 Å². The van der Waals surface area contributed by atoms with Gasteiger partial charge in [0.25, 0.3) is 0 Å². The fraction of sp³-hybridized carbons (Fsp3) is 0.394. The second kappa shape index (κ2) is 13.5. The Morgan fingerprint density at radius 3 is 2.25 bits per heavy atom. The van der Waals surface area contributed by atoms with Crippen LogP contribution in [0.1, 0.15) is 51.5 Å². The van der Waals surface area contributed by atoms with E-state index in [0.29, 0.717) is 24.3 Å². The number of ether oxygens (including phenoxy) is 3. The number of hydrogen-bond donors (Lipinski definition) is 2. The van der Waals surface area contributed by atoms with Crippen molar-refractivity contribution < 1.29 is 28.6 Å². The highest BCUT2D eigenvalue weighted by molar-refractivity contribution is 6.06. The lowest BCUT2D eigenvalue weighted by Gasteiger charge is -2.37. The molecule has 11 nitrogen and oxygen atoms in total. The van der Waals surface area contributed by atoms with Crippen LogP contribution in [0.25, 0.3) is 0 Å². The van der Waals surface area contributed by atoms with Crippen molar-refractivity contribution in [1.29, 1.82) is 5.26 Å². The van der Waals surface area contributed by atoms with E-state index in [2.05, 4.69) is 11.4 Å². The molecule has 1 amide bonds. The highest BCUT2D eigenvalue weighted by Gasteiger charge is 2.43. The van der Waals surface area contributed by atoms with Crippen LogP contribution in [-0.2, 0) is 23.8 Å². The summed E-state index contributed by atoms with van der Waals surface area (Å²) in [6.07, 6.45) is 2.47. The quantitative estimate of drug-likeness (QED) is 0.335. The number of methoxy groups -OCH3 is 2.